The lowest BCUT2D eigenvalue weighted by atomic mass is 10.2. The van der Waals surface area contributed by atoms with Crippen LogP contribution in [-0.2, 0) is 6.54 Å². The minimum atomic E-state index is 0.570. The van der Waals surface area contributed by atoms with Crippen molar-refractivity contribution in [3.63, 3.8) is 0 Å². The van der Waals surface area contributed by atoms with Crippen LogP contribution in [0.25, 0.3) is 0 Å². The summed E-state index contributed by atoms with van der Waals surface area (Å²) in [4.78, 5) is 2.75. The van der Waals surface area contributed by atoms with Crippen LogP contribution in [0.1, 0.15) is 17.7 Å². The van der Waals surface area contributed by atoms with Crippen LogP contribution in [-0.4, -0.2) is 23.5 Å². The molecule has 1 rings (SSSR count). The summed E-state index contributed by atoms with van der Waals surface area (Å²) < 4.78 is 5.21. The molecule has 0 spiro atoms. The number of hydrogen-bond donors (Lipinski definition) is 1. The molecule has 2 N–H and O–H groups in total. The molecule has 0 aliphatic heterocycles. The van der Waals surface area contributed by atoms with E-state index in [1.165, 1.54) is 5.56 Å². The van der Waals surface area contributed by atoms with Gasteiger partial charge < -0.3 is 15.1 Å². The van der Waals surface area contributed by atoms with Crippen LogP contribution in [0.5, 0.6) is 0 Å². The van der Waals surface area contributed by atoms with Gasteiger partial charge in [0.05, 0.1) is 11.3 Å². The lowest BCUT2D eigenvalue weighted by Crippen LogP contribution is -2.23. The molecule has 0 amide bonds. The number of hydrogen-bond acceptors (Lipinski definition) is 3. The Balaban J connectivity index is 2.37. The van der Waals surface area contributed by atoms with Crippen molar-refractivity contribution in [2.24, 2.45) is 5.73 Å². The molecule has 78 valence electrons. The quantitative estimate of drug-likeness (QED) is 0.754. The second kappa shape index (κ2) is 5.12. The highest BCUT2D eigenvalue weighted by Gasteiger charge is 2.05. The van der Waals surface area contributed by atoms with E-state index in [0.29, 0.717) is 4.99 Å². The minimum absolute atomic E-state index is 0.570. The van der Waals surface area contributed by atoms with Gasteiger partial charge in [-0.1, -0.05) is 12.2 Å². The molecule has 0 aliphatic carbocycles. The average molecular weight is 212 g/mol. The van der Waals surface area contributed by atoms with E-state index >= 15 is 0 Å². The number of aryl methyl sites for hydroxylation is 1. The second-order valence-corrected chi connectivity index (χ2v) is 3.98. The van der Waals surface area contributed by atoms with E-state index in [4.69, 9.17) is 22.4 Å². The maximum Gasteiger partial charge on any atom is 0.105 e. The van der Waals surface area contributed by atoms with Gasteiger partial charge in [-0.05, 0) is 20.0 Å². The SMILES string of the molecule is Cc1occc1CN(C)CCC(N)=S. The molecule has 0 saturated heterocycles. The van der Waals surface area contributed by atoms with Crippen molar-refractivity contribution < 1.29 is 4.42 Å². The molecular weight excluding hydrogens is 196 g/mol. The summed E-state index contributed by atoms with van der Waals surface area (Å²) in [6.07, 6.45) is 2.48. The molecule has 0 unspecified atom stereocenters. The zero-order chi connectivity index (χ0) is 10.6. The maximum atomic E-state index is 5.43. The van der Waals surface area contributed by atoms with Crippen molar-refractivity contribution in [3.8, 4) is 0 Å². The van der Waals surface area contributed by atoms with E-state index in [-0.39, 0.29) is 0 Å². The number of thiocarbonyl (C=S) groups is 1. The van der Waals surface area contributed by atoms with Gasteiger partial charge in [-0.3, -0.25) is 0 Å². The highest BCUT2D eigenvalue weighted by molar-refractivity contribution is 7.80. The molecule has 0 atom stereocenters. The fourth-order valence-corrected chi connectivity index (χ4v) is 1.34. The van der Waals surface area contributed by atoms with E-state index in [1.807, 2.05) is 20.0 Å². The lowest BCUT2D eigenvalue weighted by Gasteiger charge is -2.15. The summed E-state index contributed by atoms with van der Waals surface area (Å²) in [5.74, 6) is 0.979. The summed E-state index contributed by atoms with van der Waals surface area (Å²) in [6, 6.07) is 1.99. The molecule has 0 fully saturated rings. The molecule has 1 aromatic rings. The van der Waals surface area contributed by atoms with Crippen molar-refractivity contribution in [1.29, 1.82) is 0 Å². The van der Waals surface area contributed by atoms with Crippen LogP contribution < -0.4 is 5.73 Å². The third-order valence-corrected chi connectivity index (χ3v) is 2.35. The Labute approximate surface area is 89.9 Å². The standard InChI is InChI=1S/C10H16N2OS/c1-8-9(4-6-13-8)7-12(2)5-3-10(11)14/h4,6H,3,5,7H2,1-2H3,(H2,11,14). The second-order valence-electron chi connectivity index (χ2n) is 3.46. The topological polar surface area (TPSA) is 42.4 Å². The van der Waals surface area contributed by atoms with Crippen molar-refractivity contribution in [2.75, 3.05) is 13.6 Å². The van der Waals surface area contributed by atoms with Crippen molar-refractivity contribution in [2.45, 2.75) is 19.9 Å². The summed E-state index contributed by atoms with van der Waals surface area (Å²) in [6.45, 7) is 3.74. The maximum absolute atomic E-state index is 5.43. The molecule has 1 heterocycles. The van der Waals surface area contributed by atoms with E-state index < -0.39 is 0 Å². The fraction of sp³-hybridized carbons (Fsp3) is 0.500. The first kappa shape index (κ1) is 11.2. The van der Waals surface area contributed by atoms with E-state index in [1.54, 1.807) is 6.26 Å². The number of nitrogens with two attached hydrogens (primary N) is 1. The van der Waals surface area contributed by atoms with Crippen LogP contribution >= 0.6 is 12.2 Å². The molecular formula is C10H16N2OS. The molecule has 0 aliphatic rings. The summed E-state index contributed by atoms with van der Waals surface area (Å²) in [7, 11) is 2.05. The van der Waals surface area contributed by atoms with Gasteiger partial charge in [0.1, 0.15) is 5.76 Å². The Morgan fingerprint density at radius 3 is 2.86 bits per heavy atom. The van der Waals surface area contributed by atoms with E-state index in [2.05, 4.69) is 4.90 Å². The molecule has 4 heteroatoms. The average Bonchev–Trinajstić information content (AvgIpc) is 2.49. The smallest absolute Gasteiger partial charge is 0.105 e. The molecule has 1 aromatic heterocycles. The Bertz CT molecular complexity index is 309. The van der Waals surface area contributed by atoms with Crippen molar-refractivity contribution in [1.82, 2.24) is 4.90 Å². The first-order chi connectivity index (χ1) is 6.59. The normalized spacial score (nSPS) is 10.8. The predicted octanol–water partition coefficient (Wildman–Crippen LogP) is 1.70. The third kappa shape index (κ3) is 3.47. The van der Waals surface area contributed by atoms with Gasteiger partial charge in [0.2, 0.25) is 0 Å². The summed E-state index contributed by atoms with van der Waals surface area (Å²) in [5, 5.41) is 0. The van der Waals surface area contributed by atoms with Crippen LogP contribution in [0, 0.1) is 6.92 Å². The zero-order valence-corrected chi connectivity index (χ0v) is 9.43. The highest BCUT2D eigenvalue weighted by Crippen LogP contribution is 2.10. The molecule has 14 heavy (non-hydrogen) atoms. The number of furan rings is 1. The Morgan fingerprint density at radius 1 is 1.64 bits per heavy atom. The number of rotatable bonds is 5. The van der Waals surface area contributed by atoms with Gasteiger partial charge in [-0.2, -0.15) is 0 Å². The van der Waals surface area contributed by atoms with E-state index in [0.717, 1.165) is 25.3 Å². The van der Waals surface area contributed by atoms with Gasteiger partial charge in [0, 0.05) is 25.1 Å². The Hall–Kier alpha value is -0.870. The minimum Gasteiger partial charge on any atom is -0.469 e. The van der Waals surface area contributed by atoms with Crippen LogP contribution in [0.2, 0.25) is 0 Å². The van der Waals surface area contributed by atoms with Crippen molar-refractivity contribution in [3.05, 3.63) is 23.7 Å². The first-order valence-corrected chi connectivity index (χ1v) is 5.00. The van der Waals surface area contributed by atoms with Gasteiger partial charge in [0.25, 0.3) is 0 Å². The zero-order valence-electron chi connectivity index (χ0n) is 8.62. The van der Waals surface area contributed by atoms with Gasteiger partial charge >= 0.3 is 0 Å². The predicted molar refractivity (Wildman–Crippen MR) is 61.2 cm³/mol. The van der Waals surface area contributed by atoms with Crippen LogP contribution in [0.4, 0.5) is 0 Å². The monoisotopic (exact) mass is 212 g/mol. The highest BCUT2D eigenvalue weighted by atomic mass is 32.1. The van der Waals surface area contributed by atoms with E-state index in [9.17, 15) is 0 Å². The molecule has 0 saturated carbocycles. The molecule has 0 radical (unpaired) electrons. The molecule has 0 aromatic carbocycles. The fourth-order valence-electron chi connectivity index (χ4n) is 1.25. The first-order valence-electron chi connectivity index (χ1n) is 4.59. The van der Waals surface area contributed by atoms with Crippen molar-refractivity contribution >= 4 is 17.2 Å². The Morgan fingerprint density at radius 2 is 2.36 bits per heavy atom. The third-order valence-electron chi connectivity index (χ3n) is 2.15. The largest absolute Gasteiger partial charge is 0.469 e. The summed E-state index contributed by atoms with van der Waals surface area (Å²) >= 11 is 4.82. The van der Waals surface area contributed by atoms with Gasteiger partial charge in [0.15, 0.2) is 0 Å². The Kier molecular flexibility index (Phi) is 4.10. The summed E-state index contributed by atoms with van der Waals surface area (Å²) in [5.41, 5.74) is 6.65. The van der Waals surface area contributed by atoms with Crippen LogP contribution in [0.15, 0.2) is 16.7 Å². The van der Waals surface area contributed by atoms with Crippen LogP contribution in [0.3, 0.4) is 0 Å². The van der Waals surface area contributed by atoms with Gasteiger partial charge in [-0.25, -0.2) is 0 Å². The molecule has 0 bridgehead atoms. The van der Waals surface area contributed by atoms with Gasteiger partial charge in [-0.15, -0.1) is 0 Å². The number of nitrogens with zero attached hydrogens (tertiary/aromatic N) is 1. The molecule has 3 nitrogen and oxygen atoms in total. The lowest BCUT2D eigenvalue weighted by molar-refractivity contribution is 0.334.